The van der Waals surface area contributed by atoms with Gasteiger partial charge in [0.1, 0.15) is 17.0 Å². The van der Waals surface area contributed by atoms with Gasteiger partial charge >= 0.3 is 0 Å². The third-order valence-electron chi connectivity index (χ3n) is 5.88. The number of nitrogens with one attached hydrogen (secondary N) is 1. The van der Waals surface area contributed by atoms with Gasteiger partial charge in [-0.3, -0.25) is 9.78 Å². The molecule has 0 aliphatic carbocycles. The largest absolute Gasteiger partial charge is 0.356 e. The number of aryl methyl sites for hydroxylation is 5. The fourth-order valence-corrected chi connectivity index (χ4v) is 5.19. The lowest BCUT2D eigenvalue weighted by atomic mass is 9.95. The van der Waals surface area contributed by atoms with E-state index in [2.05, 4.69) is 39.0 Å². The third-order valence-corrected chi connectivity index (χ3v) is 7.00. The summed E-state index contributed by atoms with van der Waals surface area (Å²) >= 11 is 1.72. The molecule has 1 saturated heterocycles. The number of fused-ring (bicyclic) bond motifs is 1. The molecule has 3 aromatic rings. The molecule has 29 heavy (non-hydrogen) atoms. The van der Waals surface area contributed by atoms with Gasteiger partial charge in [0.2, 0.25) is 5.91 Å². The van der Waals surface area contributed by atoms with E-state index < -0.39 is 0 Å². The van der Waals surface area contributed by atoms with Gasteiger partial charge in [0.15, 0.2) is 0 Å². The first-order valence-electron chi connectivity index (χ1n) is 10.1. The lowest BCUT2D eigenvalue weighted by Gasteiger charge is -2.32. The second-order valence-electron chi connectivity index (χ2n) is 7.95. The molecule has 1 amide bonds. The molecule has 0 unspecified atom stereocenters. The number of amides is 1. The van der Waals surface area contributed by atoms with Crippen molar-refractivity contribution >= 4 is 39.0 Å². The minimum Gasteiger partial charge on any atom is -0.356 e. The second kappa shape index (κ2) is 7.71. The van der Waals surface area contributed by atoms with Crippen molar-refractivity contribution in [1.29, 1.82) is 0 Å². The molecule has 0 radical (unpaired) electrons. The van der Waals surface area contributed by atoms with Crippen LogP contribution in [-0.2, 0) is 4.79 Å². The Hall–Kier alpha value is -2.54. The standard InChI is InChI=1S/C22H27N5OS/c1-12-10-13(2)25-15(4)19(12)26-21(28)17-6-8-27(9-7-17)20-18-14(3)16(5)29-22(18)24-11-23-20/h10-11,17H,6-9H2,1-5H3,(H,26,28). The molecule has 152 valence electrons. The fraction of sp³-hybridized carbons (Fsp3) is 0.455. The number of rotatable bonds is 3. The van der Waals surface area contributed by atoms with Gasteiger partial charge in [0, 0.05) is 29.6 Å². The molecule has 0 atom stereocenters. The van der Waals surface area contributed by atoms with Crippen LogP contribution in [0.4, 0.5) is 11.5 Å². The molecule has 0 saturated carbocycles. The predicted octanol–water partition coefficient (Wildman–Crippen LogP) is 4.48. The van der Waals surface area contributed by atoms with E-state index in [-0.39, 0.29) is 11.8 Å². The topological polar surface area (TPSA) is 71.0 Å². The summed E-state index contributed by atoms with van der Waals surface area (Å²) in [4.78, 5) is 31.0. The maximum atomic E-state index is 12.9. The smallest absolute Gasteiger partial charge is 0.227 e. The molecular weight excluding hydrogens is 382 g/mol. The summed E-state index contributed by atoms with van der Waals surface area (Å²) in [5.41, 5.74) is 5.03. The van der Waals surface area contributed by atoms with Crippen LogP contribution in [0.15, 0.2) is 12.4 Å². The second-order valence-corrected chi connectivity index (χ2v) is 9.16. The monoisotopic (exact) mass is 409 g/mol. The van der Waals surface area contributed by atoms with Crippen molar-refractivity contribution in [3.8, 4) is 0 Å². The van der Waals surface area contributed by atoms with Crippen molar-refractivity contribution in [3.63, 3.8) is 0 Å². The van der Waals surface area contributed by atoms with Crippen LogP contribution in [0.1, 0.15) is 40.2 Å². The first-order chi connectivity index (χ1) is 13.8. The van der Waals surface area contributed by atoms with Crippen molar-refractivity contribution in [3.05, 3.63) is 39.8 Å². The van der Waals surface area contributed by atoms with Gasteiger partial charge in [0.25, 0.3) is 0 Å². The highest BCUT2D eigenvalue weighted by Gasteiger charge is 2.28. The van der Waals surface area contributed by atoms with E-state index in [0.29, 0.717) is 0 Å². The van der Waals surface area contributed by atoms with Gasteiger partial charge in [-0.05, 0) is 64.7 Å². The molecule has 3 aromatic heterocycles. The van der Waals surface area contributed by atoms with Gasteiger partial charge in [-0.2, -0.15) is 0 Å². The molecule has 1 aliphatic rings. The van der Waals surface area contributed by atoms with Gasteiger partial charge in [-0.1, -0.05) is 0 Å². The number of nitrogens with zero attached hydrogens (tertiary/aromatic N) is 4. The Morgan fingerprint density at radius 1 is 1.14 bits per heavy atom. The van der Waals surface area contributed by atoms with Crippen molar-refractivity contribution < 1.29 is 4.79 Å². The lowest BCUT2D eigenvalue weighted by Crippen LogP contribution is -2.38. The number of hydrogen-bond acceptors (Lipinski definition) is 6. The van der Waals surface area contributed by atoms with Gasteiger partial charge in [-0.15, -0.1) is 11.3 Å². The van der Waals surface area contributed by atoms with E-state index in [1.165, 1.54) is 10.4 Å². The molecule has 4 heterocycles. The van der Waals surface area contributed by atoms with Crippen molar-refractivity contribution in [2.45, 2.75) is 47.5 Å². The summed E-state index contributed by atoms with van der Waals surface area (Å²) in [6, 6.07) is 2.01. The van der Waals surface area contributed by atoms with E-state index >= 15 is 0 Å². The molecule has 1 fully saturated rings. The maximum absolute atomic E-state index is 12.9. The number of aromatic nitrogens is 3. The van der Waals surface area contributed by atoms with Gasteiger partial charge in [-0.25, -0.2) is 9.97 Å². The summed E-state index contributed by atoms with van der Waals surface area (Å²) in [5.74, 6) is 1.11. The van der Waals surface area contributed by atoms with Crippen LogP contribution in [0.25, 0.3) is 10.2 Å². The molecule has 1 aliphatic heterocycles. The number of carbonyl (C=O) groups is 1. The zero-order chi connectivity index (χ0) is 20.7. The van der Waals surface area contributed by atoms with Crippen LogP contribution in [0.5, 0.6) is 0 Å². The van der Waals surface area contributed by atoms with E-state index in [1.54, 1.807) is 17.7 Å². The van der Waals surface area contributed by atoms with E-state index in [1.807, 2.05) is 26.8 Å². The molecule has 7 heteroatoms. The molecule has 6 nitrogen and oxygen atoms in total. The lowest BCUT2D eigenvalue weighted by molar-refractivity contribution is -0.120. The molecule has 1 N–H and O–H groups in total. The van der Waals surface area contributed by atoms with E-state index in [4.69, 9.17) is 0 Å². The Balaban J connectivity index is 1.47. The summed E-state index contributed by atoms with van der Waals surface area (Å²) in [6.45, 7) is 11.9. The first-order valence-corrected chi connectivity index (χ1v) is 10.9. The first kappa shape index (κ1) is 19.8. The van der Waals surface area contributed by atoms with Crippen LogP contribution in [0.3, 0.4) is 0 Å². The molecule has 0 spiro atoms. The molecule has 0 bridgehead atoms. The average Bonchev–Trinajstić information content (AvgIpc) is 2.98. The quantitative estimate of drug-likeness (QED) is 0.690. The van der Waals surface area contributed by atoms with E-state index in [9.17, 15) is 4.79 Å². The zero-order valence-corrected chi connectivity index (χ0v) is 18.5. The normalized spacial score (nSPS) is 15.1. The van der Waals surface area contributed by atoms with Crippen LogP contribution < -0.4 is 10.2 Å². The summed E-state index contributed by atoms with van der Waals surface area (Å²) in [7, 11) is 0. The maximum Gasteiger partial charge on any atom is 0.227 e. The highest BCUT2D eigenvalue weighted by molar-refractivity contribution is 7.18. The number of pyridine rings is 1. The van der Waals surface area contributed by atoms with Gasteiger partial charge < -0.3 is 10.2 Å². The predicted molar refractivity (Wildman–Crippen MR) is 119 cm³/mol. The third kappa shape index (κ3) is 3.71. The minimum atomic E-state index is 0.00832. The van der Waals surface area contributed by atoms with Crippen LogP contribution in [0.2, 0.25) is 0 Å². The minimum absolute atomic E-state index is 0.00832. The Labute approximate surface area is 175 Å². The molecule has 4 rings (SSSR count). The highest BCUT2D eigenvalue weighted by atomic mass is 32.1. The summed E-state index contributed by atoms with van der Waals surface area (Å²) < 4.78 is 0. The van der Waals surface area contributed by atoms with Gasteiger partial charge in [0.05, 0.1) is 16.8 Å². The SMILES string of the molecule is Cc1cc(C)c(NC(=O)C2CCN(c3ncnc4sc(C)c(C)c34)CC2)c(C)n1. The Bertz CT molecular complexity index is 1060. The Morgan fingerprint density at radius 2 is 1.86 bits per heavy atom. The fourth-order valence-electron chi connectivity index (χ4n) is 4.19. The van der Waals surface area contributed by atoms with Crippen LogP contribution >= 0.6 is 11.3 Å². The van der Waals surface area contributed by atoms with Crippen molar-refractivity contribution in [2.24, 2.45) is 5.92 Å². The molecular formula is C22H27N5OS. The zero-order valence-electron chi connectivity index (χ0n) is 17.7. The summed E-state index contributed by atoms with van der Waals surface area (Å²) in [5, 5.41) is 4.29. The molecule has 0 aromatic carbocycles. The van der Waals surface area contributed by atoms with E-state index in [0.717, 1.165) is 64.6 Å². The van der Waals surface area contributed by atoms with Crippen molar-refractivity contribution in [1.82, 2.24) is 15.0 Å². The van der Waals surface area contributed by atoms with Crippen molar-refractivity contribution in [2.75, 3.05) is 23.3 Å². The van der Waals surface area contributed by atoms with Crippen LogP contribution in [0, 0.1) is 40.5 Å². The number of carbonyl (C=O) groups excluding carboxylic acids is 1. The average molecular weight is 410 g/mol. The number of piperidine rings is 1. The van der Waals surface area contributed by atoms with Crippen LogP contribution in [-0.4, -0.2) is 33.9 Å². The highest BCUT2D eigenvalue weighted by Crippen LogP contribution is 2.35. The summed E-state index contributed by atoms with van der Waals surface area (Å²) in [6.07, 6.45) is 3.29. The number of thiophene rings is 1. The number of anilines is 2. The Kier molecular flexibility index (Phi) is 5.25. The number of hydrogen-bond donors (Lipinski definition) is 1. The Morgan fingerprint density at radius 3 is 2.55 bits per heavy atom.